The van der Waals surface area contributed by atoms with Crippen molar-refractivity contribution >= 4 is 10.9 Å². The third-order valence-electron chi connectivity index (χ3n) is 5.19. The normalized spacial score (nSPS) is 17.2. The molecule has 0 radical (unpaired) electrons. The summed E-state index contributed by atoms with van der Waals surface area (Å²) in [5, 5.41) is 0.992. The van der Waals surface area contributed by atoms with Crippen molar-refractivity contribution in [3.63, 3.8) is 0 Å². The van der Waals surface area contributed by atoms with E-state index >= 15 is 0 Å². The topological polar surface area (TPSA) is 49.4 Å². The highest BCUT2D eigenvalue weighted by Crippen LogP contribution is 2.32. The molecule has 1 aromatic heterocycles. The minimum Gasteiger partial charge on any atom is -0.486 e. The van der Waals surface area contributed by atoms with Crippen LogP contribution >= 0.6 is 0 Å². The number of nitrogens with two attached hydrogens (primary N) is 1. The van der Waals surface area contributed by atoms with Crippen molar-refractivity contribution in [1.29, 1.82) is 0 Å². The molecular weight excluding hydrogens is 343 g/mol. The lowest BCUT2D eigenvalue weighted by Crippen LogP contribution is -2.35. The van der Waals surface area contributed by atoms with Crippen molar-refractivity contribution in [2.45, 2.75) is 37.8 Å². The fourth-order valence-electron chi connectivity index (χ4n) is 3.83. The molecular formula is C22H25FN2O2. The number of aromatic nitrogens is 1. The Kier molecular flexibility index (Phi) is 5.03. The van der Waals surface area contributed by atoms with Gasteiger partial charge in [0.15, 0.2) is 11.5 Å². The Morgan fingerprint density at radius 3 is 2.89 bits per heavy atom. The lowest BCUT2D eigenvalue weighted by Gasteiger charge is -2.28. The van der Waals surface area contributed by atoms with Gasteiger partial charge in [-0.25, -0.2) is 4.39 Å². The van der Waals surface area contributed by atoms with E-state index in [1.807, 2.05) is 37.4 Å². The van der Waals surface area contributed by atoms with Gasteiger partial charge in [0, 0.05) is 36.6 Å². The van der Waals surface area contributed by atoms with Crippen LogP contribution in [0, 0.1) is 5.82 Å². The molecule has 142 valence electrons. The molecule has 27 heavy (non-hydrogen) atoms. The van der Waals surface area contributed by atoms with Gasteiger partial charge in [0.1, 0.15) is 18.5 Å². The molecule has 0 fully saturated rings. The summed E-state index contributed by atoms with van der Waals surface area (Å²) in [5.41, 5.74) is 8.56. The molecule has 1 aliphatic heterocycles. The standard InChI is InChI=1S/C22H25FN2O2/c1-25-13-15(19-11-16(23)9-10-20(19)25)5-4-6-17(24)12-18-14-26-21-7-2-3-8-22(21)27-18/h2-3,7-11,13,17-18H,4-6,12,14,24H2,1H3. The number of nitrogens with zero attached hydrogens (tertiary/aromatic N) is 1. The molecule has 0 bridgehead atoms. The summed E-state index contributed by atoms with van der Waals surface area (Å²) in [6.07, 6.45) is 5.58. The Morgan fingerprint density at radius 2 is 2.04 bits per heavy atom. The maximum Gasteiger partial charge on any atom is 0.161 e. The second kappa shape index (κ2) is 7.61. The summed E-state index contributed by atoms with van der Waals surface area (Å²) in [6.45, 7) is 0.535. The summed E-state index contributed by atoms with van der Waals surface area (Å²) in [6, 6.07) is 12.7. The first kappa shape index (κ1) is 17.9. The van der Waals surface area contributed by atoms with Gasteiger partial charge in [-0.2, -0.15) is 0 Å². The van der Waals surface area contributed by atoms with Gasteiger partial charge in [0.25, 0.3) is 0 Å². The van der Waals surface area contributed by atoms with Crippen LogP contribution < -0.4 is 15.2 Å². The van der Waals surface area contributed by atoms with Gasteiger partial charge in [0.2, 0.25) is 0 Å². The predicted molar refractivity (Wildman–Crippen MR) is 105 cm³/mol. The van der Waals surface area contributed by atoms with Crippen LogP contribution in [-0.4, -0.2) is 23.3 Å². The highest BCUT2D eigenvalue weighted by Gasteiger charge is 2.22. The first-order chi connectivity index (χ1) is 13.1. The van der Waals surface area contributed by atoms with E-state index in [1.54, 1.807) is 6.07 Å². The maximum atomic E-state index is 13.6. The van der Waals surface area contributed by atoms with Gasteiger partial charge >= 0.3 is 0 Å². The molecule has 2 unspecified atom stereocenters. The summed E-state index contributed by atoms with van der Waals surface area (Å²) >= 11 is 0. The second-order valence-corrected chi connectivity index (χ2v) is 7.31. The molecule has 0 saturated carbocycles. The largest absolute Gasteiger partial charge is 0.486 e. The Bertz CT molecular complexity index is 937. The van der Waals surface area contributed by atoms with Crippen LogP contribution in [0.25, 0.3) is 10.9 Å². The molecule has 0 amide bonds. The molecule has 4 nitrogen and oxygen atoms in total. The average molecular weight is 368 g/mol. The van der Waals surface area contributed by atoms with Crippen LogP contribution in [0.2, 0.25) is 0 Å². The number of rotatable bonds is 6. The number of ether oxygens (including phenoxy) is 2. The third kappa shape index (κ3) is 3.93. The zero-order valence-corrected chi connectivity index (χ0v) is 15.5. The Hall–Kier alpha value is -2.53. The number of fused-ring (bicyclic) bond motifs is 2. The molecule has 3 aromatic rings. The lowest BCUT2D eigenvalue weighted by molar-refractivity contribution is 0.0790. The van der Waals surface area contributed by atoms with Crippen LogP contribution in [-0.2, 0) is 13.5 Å². The molecule has 0 saturated heterocycles. The first-order valence-electron chi connectivity index (χ1n) is 9.47. The summed E-state index contributed by atoms with van der Waals surface area (Å²) in [7, 11) is 1.99. The van der Waals surface area contributed by atoms with Crippen molar-refractivity contribution in [2.75, 3.05) is 6.61 Å². The molecule has 1 aliphatic rings. The molecule has 0 aliphatic carbocycles. The summed E-state index contributed by atoms with van der Waals surface area (Å²) in [5.74, 6) is 1.39. The number of aryl methyl sites for hydroxylation is 2. The van der Waals surface area contributed by atoms with E-state index in [9.17, 15) is 4.39 Å². The quantitative estimate of drug-likeness (QED) is 0.709. The molecule has 0 spiro atoms. The molecule has 2 heterocycles. The van der Waals surface area contributed by atoms with Crippen LogP contribution in [0.3, 0.4) is 0 Å². The second-order valence-electron chi connectivity index (χ2n) is 7.31. The predicted octanol–water partition coefficient (Wildman–Crippen LogP) is 4.20. The monoisotopic (exact) mass is 368 g/mol. The molecule has 2 aromatic carbocycles. The Balaban J connectivity index is 1.30. The zero-order chi connectivity index (χ0) is 18.8. The van der Waals surface area contributed by atoms with Crippen LogP contribution in [0.5, 0.6) is 11.5 Å². The minimum absolute atomic E-state index is 0.0125. The fraction of sp³-hybridized carbons (Fsp3) is 0.364. The molecule has 5 heteroatoms. The van der Waals surface area contributed by atoms with Crippen molar-refractivity contribution in [3.8, 4) is 11.5 Å². The first-order valence-corrected chi connectivity index (χ1v) is 9.47. The zero-order valence-electron chi connectivity index (χ0n) is 15.5. The van der Waals surface area contributed by atoms with E-state index in [1.165, 1.54) is 11.6 Å². The van der Waals surface area contributed by atoms with E-state index in [0.717, 1.165) is 48.1 Å². The van der Waals surface area contributed by atoms with Gasteiger partial charge in [-0.1, -0.05) is 12.1 Å². The minimum atomic E-state index is -0.193. The molecule has 4 rings (SSSR count). The van der Waals surface area contributed by atoms with Gasteiger partial charge in [-0.15, -0.1) is 0 Å². The number of hydrogen-bond donors (Lipinski definition) is 1. The van der Waals surface area contributed by atoms with Gasteiger partial charge in [0.05, 0.1) is 0 Å². The SMILES string of the molecule is Cn1cc(CCCC(N)CC2COc3ccccc3O2)c2cc(F)ccc21. The number of para-hydroxylation sites is 2. The van der Waals surface area contributed by atoms with Crippen LogP contribution in [0.15, 0.2) is 48.7 Å². The average Bonchev–Trinajstić information content (AvgIpc) is 2.96. The summed E-state index contributed by atoms with van der Waals surface area (Å²) < 4.78 is 27.4. The van der Waals surface area contributed by atoms with E-state index < -0.39 is 0 Å². The van der Waals surface area contributed by atoms with Gasteiger partial charge < -0.3 is 19.8 Å². The highest BCUT2D eigenvalue weighted by molar-refractivity contribution is 5.84. The molecule has 2 N–H and O–H groups in total. The third-order valence-corrected chi connectivity index (χ3v) is 5.19. The number of halogens is 1. The number of benzene rings is 2. The van der Waals surface area contributed by atoms with E-state index in [4.69, 9.17) is 15.2 Å². The van der Waals surface area contributed by atoms with Crippen molar-refractivity contribution in [1.82, 2.24) is 4.57 Å². The van der Waals surface area contributed by atoms with E-state index in [2.05, 4.69) is 10.8 Å². The fourth-order valence-corrected chi connectivity index (χ4v) is 3.83. The van der Waals surface area contributed by atoms with E-state index in [-0.39, 0.29) is 18.0 Å². The highest BCUT2D eigenvalue weighted by atomic mass is 19.1. The summed E-state index contributed by atoms with van der Waals surface area (Å²) in [4.78, 5) is 0. The van der Waals surface area contributed by atoms with E-state index in [0.29, 0.717) is 6.61 Å². The van der Waals surface area contributed by atoms with Crippen molar-refractivity contribution < 1.29 is 13.9 Å². The van der Waals surface area contributed by atoms with Gasteiger partial charge in [-0.3, -0.25) is 0 Å². The lowest BCUT2D eigenvalue weighted by atomic mass is 10.0. The van der Waals surface area contributed by atoms with Crippen molar-refractivity contribution in [3.05, 3.63) is 60.0 Å². The Labute approximate surface area is 158 Å². The van der Waals surface area contributed by atoms with Gasteiger partial charge in [-0.05, 0) is 55.2 Å². The van der Waals surface area contributed by atoms with Crippen molar-refractivity contribution in [2.24, 2.45) is 12.8 Å². The smallest absolute Gasteiger partial charge is 0.161 e. The number of hydrogen-bond acceptors (Lipinski definition) is 3. The Morgan fingerprint density at radius 1 is 1.22 bits per heavy atom. The van der Waals surface area contributed by atoms with Crippen LogP contribution in [0.4, 0.5) is 4.39 Å². The molecule has 2 atom stereocenters. The van der Waals surface area contributed by atoms with Crippen LogP contribution in [0.1, 0.15) is 24.8 Å². The maximum absolute atomic E-state index is 13.6.